The van der Waals surface area contributed by atoms with Crippen molar-refractivity contribution in [3.05, 3.63) is 59.2 Å². The normalized spacial score (nSPS) is 19.7. The van der Waals surface area contributed by atoms with Crippen LogP contribution in [-0.2, 0) is 37.5 Å². The molecule has 5 heteroatoms. The van der Waals surface area contributed by atoms with Crippen molar-refractivity contribution in [2.24, 2.45) is 0 Å². The van der Waals surface area contributed by atoms with E-state index in [0.29, 0.717) is 5.91 Å². The average molecular weight is 527 g/mol. The zero-order valence-corrected chi connectivity index (χ0v) is 24.1. The van der Waals surface area contributed by atoms with E-state index in [-0.39, 0.29) is 38.8 Å². The van der Waals surface area contributed by atoms with Crippen LogP contribution in [0.4, 0.5) is 5.69 Å². The second-order valence-corrected chi connectivity index (χ2v) is 9.46. The summed E-state index contributed by atoms with van der Waals surface area (Å²) in [6.07, 6.45) is 5.98. The Morgan fingerprint density at radius 2 is 1.58 bits per heavy atom. The fraction of sp³-hybridized carbons (Fsp3) is 0.536. The van der Waals surface area contributed by atoms with Crippen molar-refractivity contribution < 1.29 is 46.7 Å². The number of anilines is 1. The number of quaternary nitrogens is 1. The number of likely N-dealkylation sites (tertiary alicyclic amines) is 1. The number of hydrogen-bond acceptors (Lipinski definition) is 2. The molecule has 0 aliphatic carbocycles. The molecule has 0 aromatic heterocycles. The predicted octanol–water partition coefficient (Wildman–Crippen LogP) is 5.82. The van der Waals surface area contributed by atoms with Crippen molar-refractivity contribution in [1.29, 1.82) is 0 Å². The molecule has 2 heterocycles. The molecular formula is C28H41N2O2Y+. The summed E-state index contributed by atoms with van der Waals surface area (Å²) in [6, 6.07) is 14.5. The minimum Gasteiger partial charge on any atom is -0.497 e. The van der Waals surface area contributed by atoms with Crippen molar-refractivity contribution >= 4 is 11.6 Å². The van der Waals surface area contributed by atoms with Crippen LogP contribution in [0, 0.1) is 20.8 Å². The molecule has 0 saturated carbocycles. The molecule has 177 valence electrons. The van der Waals surface area contributed by atoms with Gasteiger partial charge in [0, 0.05) is 51.4 Å². The van der Waals surface area contributed by atoms with Gasteiger partial charge in [-0.05, 0) is 76.6 Å². The molecule has 1 unspecified atom stereocenters. The number of amides is 1. The number of likely N-dealkylation sites (N-methyl/N-ethyl adjacent to an activating group) is 1. The zero-order chi connectivity index (χ0) is 23.1. The van der Waals surface area contributed by atoms with Crippen LogP contribution in [0.2, 0.25) is 0 Å². The van der Waals surface area contributed by atoms with Gasteiger partial charge >= 0.3 is 0 Å². The van der Waals surface area contributed by atoms with Gasteiger partial charge in [-0.2, -0.15) is 0 Å². The largest absolute Gasteiger partial charge is 0.497 e. The van der Waals surface area contributed by atoms with E-state index in [4.69, 9.17) is 4.74 Å². The number of hydrogen-bond donors (Lipinski definition) is 0. The van der Waals surface area contributed by atoms with Gasteiger partial charge in [-0.15, -0.1) is 0 Å². The summed E-state index contributed by atoms with van der Waals surface area (Å²) in [6.45, 7) is 12.8. The fourth-order valence-corrected chi connectivity index (χ4v) is 5.57. The Morgan fingerprint density at radius 1 is 0.970 bits per heavy atom. The third-order valence-electron chi connectivity index (χ3n) is 7.32. The summed E-state index contributed by atoms with van der Waals surface area (Å²) >= 11 is 0. The number of aryl methyl sites for hydroxylation is 3. The summed E-state index contributed by atoms with van der Waals surface area (Å²) in [5, 5.41) is 0. The van der Waals surface area contributed by atoms with Crippen molar-refractivity contribution in [1.82, 2.24) is 0 Å². The molecule has 2 aliphatic rings. The average Bonchev–Trinajstić information content (AvgIpc) is 2.81. The quantitative estimate of drug-likeness (QED) is 0.470. The molecule has 0 N–H and O–H groups in total. The molecule has 1 radical (unpaired) electrons. The molecule has 0 bridgehead atoms. The van der Waals surface area contributed by atoms with Crippen molar-refractivity contribution in [3.8, 4) is 5.75 Å². The standard InChI is InChI=1S/C21H33N2O2.C7H8.Y/c1-5-23(12-7-6-8-13-23)19-10-9-11-22(21(19)24)20-16(2)14-18(25-4)15-17(20)3;1-7-5-3-2-4-6-7;/h14-15,19H,5-13H2,1-4H3;2-6H,1H3;/q+1;;. The Labute approximate surface area is 226 Å². The van der Waals surface area contributed by atoms with Crippen molar-refractivity contribution in [3.63, 3.8) is 0 Å². The van der Waals surface area contributed by atoms with Gasteiger partial charge in [0.2, 0.25) is 0 Å². The Hall–Kier alpha value is -1.23. The van der Waals surface area contributed by atoms with E-state index in [1.807, 2.05) is 30.3 Å². The smallest absolute Gasteiger partial charge is 0.285 e. The third-order valence-corrected chi connectivity index (χ3v) is 7.32. The molecule has 2 aromatic rings. The molecule has 1 amide bonds. The van der Waals surface area contributed by atoms with Crippen LogP contribution in [0.3, 0.4) is 0 Å². The maximum atomic E-state index is 13.5. The molecule has 33 heavy (non-hydrogen) atoms. The second-order valence-electron chi connectivity index (χ2n) is 9.46. The monoisotopic (exact) mass is 526 g/mol. The maximum Gasteiger partial charge on any atom is 0.285 e. The molecule has 0 spiro atoms. The minimum atomic E-state index is 0. The first-order chi connectivity index (χ1) is 15.4. The van der Waals surface area contributed by atoms with Gasteiger partial charge in [0.25, 0.3) is 5.91 Å². The summed E-state index contributed by atoms with van der Waals surface area (Å²) in [4.78, 5) is 15.6. The molecule has 4 nitrogen and oxygen atoms in total. The fourth-order valence-electron chi connectivity index (χ4n) is 5.57. The Kier molecular flexibility index (Phi) is 11.1. The van der Waals surface area contributed by atoms with Crippen LogP contribution in [0.1, 0.15) is 55.7 Å². The number of rotatable bonds is 4. The van der Waals surface area contributed by atoms with E-state index in [2.05, 4.69) is 44.7 Å². The van der Waals surface area contributed by atoms with Crippen LogP contribution < -0.4 is 9.64 Å². The first-order valence-corrected chi connectivity index (χ1v) is 12.3. The summed E-state index contributed by atoms with van der Waals surface area (Å²) in [5.74, 6) is 1.21. The molecule has 2 aromatic carbocycles. The van der Waals surface area contributed by atoms with Crippen LogP contribution in [-0.4, -0.2) is 49.7 Å². The first kappa shape index (κ1) is 28.0. The Morgan fingerprint density at radius 3 is 2.06 bits per heavy atom. The van der Waals surface area contributed by atoms with E-state index in [1.54, 1.807) is 7.11 Å². The molecule has 2 aliphatic heterocycles. The van der Waals surface area contributed by atoms with Gasteiger partial charge in [-0.1, -0.05) is 35.9 Å². The van der Waals surface area contributed by atoms with E-state index in [1.165, 1.54) is 37.9 Å². The number of carbonyl (C=O) groups is 1. The van der Waals surface area contributed by atoms with Crippen molar-refractivity contribution in [2.75, 3.05) is 38.2 Å². The molecule has 1 atom stereocenters. The van der Waals surface area contributed by atoms with Gasteiger partial charge in [-0.25, -0.2) is 0 Å². The number of ether oxygens (including phenoxy) is 1. The van der Waals surface area contributed by atoms with E-state index in [0.717, 1.165) is 53.0 Å². The van der Waals surface area contributed by atoms with Crippen LogP contribution in [0.25, 0.3) is 0 Å². The minimum absolute atomic E-state index is 0. The number of nitrogens with zero attached hydrogens (tertiary/aromatic N) is 2. The maximum absolute atomic E-state index is 13.5. The SMILES string of the molecule is CC[N+]1(C2CCCN(c3c(C)cc(OC)cc3C)C2=O)CCCCC1.Cc1ccccc1.[Y]. The molecular weight excluding hydrogens is 485 g/mol. The number of methoxy groups -OCH3 is 1. The first-order valence-electron chi connectivity index (χ1n) is 12.3. The summed E-state index contributed by atoms with van der Waals surface area (Å²) < 4.78 is 6.39. The van der Waals surface area contributed by atoms with Crippen molar-refractivity contribution in [2.45, 2.75) is 65.8 Å². The van der Waals surface area contributed by atoms with E-state index >= 15 is 0 Å². The third kappa shape index (κ3) is 6.68. The summed E-state index contributed by atoms with van der Waals surface area (Å²) in [5.41, 5.74) is 4.68. The van der Waals surface area contributed by atoms with Gasteiger partial charge in [0.05, 0.1) is 26.7 Å². The van der Waals surface area contributed by atoms with Gasteiger partial charge < -0.3 is 14.1 Å². The predicted molar refractivity (Wildman–Crippen MR) is 133 cm³/mol. The van der Waals surface area contributed by atoms with E-state index in [9.17, 15) is 4.79 Å². The van der Waals surface area contributed by atoms with Crippen LogP contribution >= 0.6 is 0 Å². The number of carbonyl (C=O) groups excluding carboxylic acids is 1. The molecule has 2 fully saturated rings. The van der Waals surface area contributed by atoms with Crippen LogP contribution in [0.5, 0.6) is 5.75 Å². The Balaban J connectivity index is 0.000000413. The number of benzene rings is 2. The van der Waals surface area contributed by atoms with Crippen LogP contribution in [0.15, 0.2) is 42.5 Å². The van der Waals surface area contributed by atoms with Gasteiger partial charge in [-0.3, -0.25) is 4.79 Å². The molecule has 2 saturated heterocycles. The topological polar surface area (TPSA) is 29.5 Å². The number of piperidine rings is 2. The van der Waals surface area contributed by atoms with Gasteiger partial charge in [0.1, 0.15) is 5.75 Å². The Bertz CT molecular complexity index is 871. The summed E-state index contributed by atoms with van der Waals surface area (Å²) in [7, 11) is 1.70. The zero-order valence-electron chi connectivity index (χ0n) is 21.3. The van der Waals surface area contributed by atoms with E-state index < -0.39 is 0 Å². The second kappa shape index (κ2) is 13.0. The molecule has 4 rings (SSSR count). The van der Waals surface area contributed by atoms with Gasteiger partial charge in [0.15, 0.2) is 6.04 Å².